The van der Waals surface area contributed by atoms with Crippen molar-refractivity contribution < 1.29 is 19.7 Å². The second-order valence-electron chi connectivity index (χ2n) is 5.67. The third kappa shape index (κ3) is 5.49. The molecule has 0 atom stereocenters. The summed E-state index contributed by atoms with van der Waals surface area (Å²) in [6.45, 7) is 4.00. The van der Waals surface area contributed by atoms with Crippen LogP contribution in [0.15, 0.2) is 46.0 Å². The molecule has 6 nitrogen and oxygen atoms in total. The Kier molecular flexibility index (Phi) is 6.41. The first-order valence-electron chi connectivity index (χ1n) is 7.63. The molecule has 0 saturated heterocycles. The predicted octanol–water partition coefficient (Wildman–Crippen LogP) is 3.51. The van der Waals surface area contributed by atoms with E-state index in [9.17, 15) is 15.0 Å². The maximum absolute atomic E-state index is 11.8. The van der Waals surface area contributed by atoms with Gasteiger partial charge in [-0.25, -0.2) is 5.43 Å². The van der Waals surface area contributed by atoms with E-state index in [1.807, 2.05) is 18.2 Å². The van der Waals surface area contributed by atoms with Crippen molar-refractivity contribution in [2.75, 3.05) is 6.61 Å². The first-order chi connectivity index (χ1) is 11.9. The fourth-order valence-electron chi connectivity index (χ4n) is 1.98. The number of hydrazone groups is 1. The van der Waals surface area contributed by atoms with Gasteiger partial charge in [0, 0.05) is 11.6 Å². The molecule has 0 saturated carbocycles. The van der Waals surface area contributed by atoms with Gasteiger partial charge >= 0.3 is 0 Å². The lowest BCUT2D eigenvalue weighted by molar-refractivity contribution is -0.123. The van der Waals surface area contributed by atoms with E-state index >= 15 is 0 Å². The van der Waals surface area contributed by atoms with Gasteiger partial charge in [0.25, 0.3) is 5.91 Å². The molecule has 2 aromatic rings. The molecule has 0 unspecified atom stereocenters. The minimum Gasteiger partial charge on any atom is -0.508 e. The van der Waals surface area contributed by atoms with E-state index in [1.54, 1.807) is 0 Å². The van der Waals surface area contributed by atoms with Gasteiger partial charge < -0.3 is 14.9 Å². The second kappa shape index (κ2) is 8.53. The Morgan fingerprint density at radius 3 is 2.68 bits per heavy atom. The number of nitrogens with one attached hydrogen (secondary N) is 1. The van der Waals surface area contributed by atoms with Crippen LogP contribution in [0, 0.1) is 0 Å². The molecule has 0 heterocycles. The van der Waals surface area contributed by atoms with Crippen molar-refractivity contribution in [1.29, 1.82) is 0 Å². The standard InChI is InChI=1S/C18H19BrN2O4/c1-11(2)12-4-6-17(15(19)7-12)25-10-18(24)21-20-9-13-3-5-14(22)8-16(13)23/h3-9,11,22-23H,10H2,1-2H3,(H,21,24). The number of nitrogens with zero attached hydrogens (tertiary/aromatic N) is 1. The highest BCUT2D eigenvalue weighted by Crippen LogP contribution is 2.28. The molecule has 2 aromatic carbocycles. The van der Waals surface area contributed by atoms with Crippen LogP contribution in [-0.4, -0.2) is 28.9 Å². The summed E-state index contributed by atoms with van der Waals surface area (Å²) in [6, 6.07) is 9.79. The van der Waals surface area contributed by atoms with E-state index in [4.69, 9.17) is 4.74 Å². The number of ether oxygens (including phenoxy) is 1. The quantitative estimate of drug-likeness (QED) is 0.505. The summed E-state index contributed by atoms with van der Waals surface area (Å²) in [7, 11) is 0. The molecule has 0 aromatic heterocycles. The summed E-state index contributed by atoms with van der Waals surface area (Å²) in [5.41, 5.74) is 3.84. The zero-order valence-corrected chi connectivity index (χ0v) is 15.4. The van der Waals surface area contributed by atoms with Gasteiger partial charge in [-0.15, -0.1) is 0 Å². The van der Waals surface area contributed by atoms with Crippen molar-refractivity contribution in [3.63, 3.8) is 0 Å². The number of halogens is 1. The Bertz CT molecular complexity index is 791. The minimum absolute atomic E-state index is 0.0545. The van der Waals surface area contributed by atoms with Crippen LogP contribution in [-0.2, 0) is 4.79 Å². The summed E-state index contributed by atoms with van der Waals surface area (Å²) in [4.78, 5) is 11.8. The molecule has 0 radical (unpaired) electrons. The lowest BCUT2D eigenvalue weighted by Crippen LogP contribution is -2.24. The van der Waals surface area contributed by atoms with Crippen molar-refractivity contribution in [3.8, 4) is 17.2 Å². The molecule has 0 bridgehead atoms. The Morgan fingerprint density at radius 1 is 1.28 bits per heavy atom. The van der Waals surface area contributed by atoms with Gasteiger partial charge in [-0.3, -0.25) is 4.79 Å². The van der Waals surface area contributed by atoms with E-state index in [2.05, 4.69) is 40.3 Å². The van der Waals surface area contributed by atoms with Gasteiger partial charge in [0.1, 0.15) is 17.2 Å². The molecule has 1 amide bonds. The van der Waals surface area contributed by atoms with Crippen LogP contribution in [0.4, 0.5) is 0 Å². The number of carbonyl (C=O) groups is 1. The van der Waals surface area contributed by atoms with E-state index in [0.29, 0.717) is 17.2 Å². The van der Waals surface area contributed by atoms with Crippen molar-refractivity contribution >= 4 is 28.1 Å². The average Bonchev–Trinajstić information content (AvgIpc) is 2.55. The third-order valence-electron chi connectivity index (χ3n) is 3.39. The Hall–Kier alpha value is -2.54. The van der Waals surface area contributed by atoms with E-state index in [0.717, 1.165) is 4.47 Å². The van der Waals surface area contributed by atoms with Crippen LogP contribution in [0.2, 0.25) is 0 Å². The van der Waals surface area contributed by atoms with Crippen molar-refractivity contribution in [2.45, 2.75) is 19.8 Å². The number of phenolic OH excluding ortho intramolecular Hbond substituents is 2. The molecule has 2 rings (SSSR count). The number of phenols is 2. The van der Waals surface area contributed by atoms with E-state index < -0.39 is 5.91 Å². The highest BCUT2D eigenvalue weighted by molar-refractivity contribution is 9.10. The van der Waals surface area contributed by atoms with Gasteiger partial charge in [-0.05, 0) is 51.7 Å². The molecular weight excluding hydrogens is 388 g/mol. The predicted molar refractivity (Wildman–Crippen MR) is 99.2 cm³/mol. The molecule has 0 aliphatic carbocycles. The van der Waals surface area contributed by atoms with Crippen LogP contribution in [0.3, 0.4) is 0 Å². The van der Waals surface area contributed by atoms with E-state index in [1.165, 1.54) is 30.0 Å². The molecular formula is C18H19BrN2O4. The fraction of sp³-hybridized carbons (Fsp3) is 0.222. The molecule has 0 aliphatic rings. The van der Waals surface area contributed by atoms with Crippen molar-refractivity contribution in [2.24, 2.45) is 5.10 Å². The number of amides is 1. The van der Waals surface area contributed by atoms with Crippen LogP contribution >= 0.6 is 15.9 Å². The molecule has 0 spiro atoms. The normalized spacial score (nSPS) is 11.0. The molecule has 7 heteroatoms. The summed E-state index contributed by atoms with van der Waals surface area (Å²) < 4.78 is 6.24. The van der Waals surface area contributed by atoms with Crippen molar-refractivity contribution in [1.82, 2.24) is 5.43 Å². The van der Waals surface area contributed by atoms with Crippen LogP contribution in [0.1, 0.15) is 30.9 Å². The van der Waals surface area contributed by atoms with Crippen LogP contribution in [0.5, 0.6) is 17.2 Å². The number of rotatable bonds is 6. The molecule has 0 fully saturated rings. The average molecular weight is 407 g/mol. The molecule has 25 heavy (non-hydrogen) atoms. The van der Waals surface area contributed by atoms with E-state index in [-0.39, 0.29) is 18.1 Å². The van der Waals surface area contributed by atoms with Gasteiger partial charge in [-0.2, -0.15) is 5.10 Å². The zero-order chi connectivity index (χ0) is 18.4. The largest absolute Gasteiger partial charge is 0.508 e. The maximum Gasteiger partial charge on any atom is 0.277 e. The lowest BCUT2D eigenvalue weighted by atomic mass is 10.0. The highest BCUT2D eigenvalue weighted by atomic mass is 79.9. The summed E-state index contributed by atoms with van der Waals surface area (Å²) in [5.74, 6) is 0.345. The Balaban J connectivity index is 1.87. The summed E-state index contributed by atoms with van der Waals surface area (Å²) >= 11 is 3.43. The monoisotopic (exact) mass is 406 g/mol. The maximum atomic E-state index is 11.8. The molecule has 0 aliphatic heterocycles. The van der Waals surface area contributed by atoms with Crippen molar-refractivity contribution in [3.05, 3.63) is 52.0 Å². The number of benzene rings is 2. The smallest absolute Gasteiger partial charge is 0.277 e. The van der Waals surface area contributed by atoms with Gasteiger partial charge in [0.2, 0.25) is 0 Å². The Labute approximate surface area is 154 Å². The number of hydrogen-bond donors (Lipinski definition) is 3. The van der Waals surface area contributed by atoms with Gasteiger partial charge in [-0.1, -0.05) is 19.9 Å². The first kappa shape index (κ1) is 18.8. The highest BCUT2D eigenvalue weighted by Gasteiger charge is 2.08. The molecule has 3 N–H and O–H groups in total. The summed E-state index contributed by atoms with van der Waals surface area (Å²) in [5, 5.41) is 22.6. The van der Waals surface area contributed by atoms with Crippen LogP contribution < -0.4 is 10.2 Å². The Morgan fingerprint density at radius 2 is 2.04 bits per heavy atom. The molecule has 132 valence electrons. The summed E-state index contributed by atoms with van der Waals surface area (Å²) in [6.07, 6.45) is 1.28. The zero-order valence-electron chi connectivity index (χ0n) is 13.9. The lowest BCUT2D eigenvalue weighted by Gasteiger charge is -2.10. The second-order valence-corrected chi connectivity index (χ2v) is 6.52. The number of aromatic hydroxyl groups is 2. The third-order valence-corrected chi connectivity index (χ3v) is 4.01. The first-order valence-corrected chi connectivity index (χ1v) is 8.42. The van der Waals surface area contributed by atoms with Gasteiger partial charge in [0.05, 0.1) is 10.7 Å². The SMILES string of the molecule is CC(C)c1ccc(OCC(=O)NN=Cc2ccc(O)cc2O)c(Br)c1. The topological polar surface area (TPSA) is 91.2 Å². The van der Waals surface area contributed by atoms with Crippen LogP contribution in [0.25, 0.3) is 0 Å². The van der Waals surface area contributed by atoms with Gasteiger partial charge in [0.15, 0.2) is 6.61 Å². The number of carbonyl (C=O) groups excluding carboxylic acids is 1. The fourth-order valence-corrected chi connectivity index (χ4v) is 2.49. The minimum atomic E-state index is -0.436. The number of hydrogen-bond acceptors (Lipinski definition) is 5.